The summed E-state index contributed by atoms with van der Waals surface area (Å²) in [4.78, 5) is 8.53. The summed E-state index contributed by atoms with van der Waals surface area (Å²) in [6, 6.07) is 0. The molecule has 1 aliphatic rings. The molecule has 0 aromatic carbocycles. The minimum atomic E-state index is 0.830. The highest BCUT2D eigenvalue weighted by molar-refractivity contribution is 14.1. The Morgan fingerprint density at radius 2 is 1.92 bits per heavy atom. The molecule has 1 aliphatic carbocycles. The lowest BCUT2D eigenvalue weighted by Crippen LogP contribution is -1.94. The maximum Gasteiger partial charge on any atom is 0.158 e. The molecule has 0 saturated heterocycles. The molecule has 0 aliphatic heterocycles. The van der Waals surface area contributed by atoms with Crippen LogP contribution in [0.2, 0.25) is 0 Å². The van der Waals surface area contributed by atoms with E-state index in [0.29, 0.717) is 0 Å². The zero-order chi connectivity index (χ0) is 9.10. The van der Waals surface area contributed by atoms with Crippen molar-refractivity contribution in [1.29, 1.82) is 0 Å². The summed E-state index contributed by atoms with van der Waals surface area (Å²) in [7, 11) is 0. The highest BCUT2D eigenvalue weighted by atomic mass is 127. The maximum atomic E-state index is 4.26. The summed E-state index contributed by atoms with van der Waals surface area (Å²) in [6.07, 6.45) is 12.3. The molecule has 0 amide bonds. The first-order valence-electron chi connectivity index (χ1n) is 4.21. The van der Waals surface area contributed by atoms with Crippen LogP contribution in [-0.2, 0) is 0 Å². The zero-order valence-electron chi connectivity index (χ0n) is 7.07. The second-order valence-electron chi connectivity index (χ2n) is 2.86. The quantitative estimate of drug-likeness (QED) is 0.741. The van der Waals surface area contributed by atoms with Crippen molar-refractivity contribution in [2.75, 3.05) is 0 Å². The van der Waals surface area contributed by atoms with Gasteiger partial charge in [-0.2, -0.15) is 0 Å². The molecule has 0 fully saturated rings. The van der Waals surface area contributed by atoms with Crippen LogP contribution < -0.4 is 0 Å². The van der Waals surface area contributed by atoms with Crippen molar-refractivity contribution < 1.29 is 0 Å². The number of rotatable bonds is 1. The molecular weight excluding hydrogens is 275 g/mol. The zero-order valence-corrected chi connectivity index (χ0v) is 9.23. The molecule has 0 spiro atoms. The Labute approximate surface area is 90.9 Å². The summed E-state index contributed by atoms with van der Waals surface area (Å²) in [5.74, 6) is 0.830. The van der Waals surface area contributed by atoms with E-state index in [4.69, 9.17) is 0 Å². The predicted molar refractivity (Wildman–Crippen MR) is 61.1 cm³/mol. The lowest BCUT2D eigenvalue weighted by atomic mass is 10.1. The fraction of sp³-hybridized carbons (Fsp3) is 0.200. The number of aromatic nitrogens is 2. The molecule has 0 bridgehead atoms. The van der Waals surface area contributed by atoms with E-state index in [1.165, 1.54) is 0 Å². The number of nitrogens with zero attached hydrogens (tertiary/aromatic N) is 2. The topological polar surface area (TPSA) is 25.8 Å². The van der Waals surface area contributed by atoms with Crippen LogP contribution in [0.25, 0.3) is 5.57 Å². The minimum Gasteiger partial charge on any atom is -0.235 e. The molecule has 1 heterocycles. The summed E-state index contributed by atoms with van der Waals surface area (Å²) < 4.78 is 1.07. The Bertz CT molecular complexity index is 352. The number of allylic oxidation sites excluding steroid dienone is 4. The van der Waals surface area contributed by atoms with Crippen LogP contribution in [-0.4, -0.2) is 9.97 Å². The van der Waals surface area contributed by atoms with Crippen LogP contribution in [0.15, 0.2) is 30.6 Å². The molecule has 13 heavy (non-hydrogen) atoms. The van der Waals surface area contributed by atoms with E-state index in [-0.39, 0.29) is 0 Å². The van der Waals surface area contributed by atoms with E-state index >= 15 is 0 Å². The normalized spacial score (nSPS) is 15.6. The van der Waals surface area contributed by atoms with E-state index in [1.54, 1.807) is 0 Å². The van der Waals surface area contributed by atoms with Gasteiger partial charge in [0.05, 0.1) is 0 Å². The van der Waals surface area contributed by atoms with Crippen LogP contribution in [0.4, 0.5) is 0 Å². The van der Waals surface area contributed by atoms with Crippen molar-refractivity contribution in [3.8, 4) is 0 Å². The van der Waals surface area contributed by atoms with Crippen molar-refractivity contribution in [3.63, 3.8) is 0 Å². The Balaban J connectivity index is 2.30. The first kappa shape index (κ1) is 8.87. The standard InChI is InChI=1S/C10H9IN2/c11-9-6-12-10(13-7-9)8-4-2-1-3-5-8/h2,4-7H,1,3H2. The summed E-state index contributed by atoms with van der Waals surface area (Å²) >= 11 is 2.20. The van der Waals surface area contributed by atoms with Gasteiger partial charge >= 0.3 is 0 Å². The third-order valence-corrected chi connectivity index (χ3v) is 2.43. The van der Waals surface area contributed by atoms with Gasteiger partial charge in [0, 0.05) is 21.5 Å². The van der Waals surface area contributed by atoms with Crippen LogP contribution in [0, 0.1) is 3.57 Å². The van der Waals surface area contributed by atoms with Crippen LogP contribution in [0.1, 0.15) is 18.7 Å². The Morgan fingerprint density at radius 3 is 2.54 bits per heavy atom. The fourth-order valence-electron chi connectivity index (χ4n) is 1.24. The van der Waals surface area contributed by atoms with E-state index in [9.17, 15) is 0 Å². The van der Waals surface area contributed by atoms with Crippen LogP contribution in [0.3, 0.4) is 0 Å². The molecule has 0 radical (unpaired) electrons. The molecule has 0 unspecified atom stereocenters. The Morgan fingerprint density at radius 1 is 1.15 bits per heavy atom. The smallest absolute Gasteiger partial charge is 0.158 e. The van der Waals surface area contributed by atoms with Gasteiger partial charge in [0.2, 0.25) is 0 Å². The Hall–Kier alpha value is -0.710. The number of hydrogen-bond acceptors (Lipinski definition) is 2. The first-order valence-corrected chi connectivity index (χ1v) is 5.29. The van der Waals surface area contributed by atoms with Crippen LogP contribution in [0.5, 0.6) is 0 Å². The van der Waals surface area contributed by atoms with E-state index < -0.39 is 0 Å². The molecule has 2 rings (SSSR count). The van der Waals surface area contributed by atoms with Crippen molar-refractivity contribution >= 4 is 28.2 Å². The van der Waals surface area contributed by atoms with Crippen LogP contribution >= 0.6 is 22.6 Å². The number of hydrogen-bond donors (Lipinski definition) is 0. The predicted octanol–water partition coefficient (Wildman–Crippen LogP) is 2.81. The molecule has 0 N–H and O–H groups in total. The highest BCUT2D eigenvalue weighted by Gasteiger charge is 2.02. The van der Waals surface area contributed by atoms with Gasteiger partial charge in [-0.05, 0) is 35.4 Å². The van der Waals surface area contributed by atoms with E-state index in [0.717, 1.165) is 27.8 Å². The SMILES string of the molecule is Ic1cnc(C2=CCCC=C2)nc1. The van der Waals surface area contributed by atoms with Gasteiger partial charge in [-0.1, -0.05) is 18.2 Å². The summed E-state index contributed by atoms with van der Waals surface area (Å²) in [5.41, 5.74) is 1.14. The molecule has 0 saturated carbocycles. The van der Waals surface area contributed by atoms with E-state index in [2.05, 4.69) is 50.8 Å². The number of halogens is 1. The van der Waals surface area contributed by atoms with Gasteiger partial charge in [0.25, 0.3) is 0 Å². The van der Waals surface area contributed by atoms with Gasteiger partial charge in [-0.15, -0.1) is 0 Å². The van der Waals surface area contributed by atoms with Gasteiger partial charge in [-0.25, -0.2) is 9.97 Å². The second-order valence-corrected chi connectivity index (χ2v) is 4.11. The minimum absolute atomic E-state index is 0.830. The van der Waals surface area contributed by atoms with Crippen molar-refractivity contribution in [1.82, 2.24) is 9.97 Å². The van der Waals surface area contributed by atoms with Crippen molar-refractivity contribution in [3.05, 3.63) is 40.0 Å². The molecule has 2 nitrogen and oxygen atoms in total. The lowest BCUT2D eigenvalue weighted by molar-refractivity contribution is 1.02. The summed E-state index contributed by atoms with van der Waals surface area (Å²) in [5, 5.41) is 0. The fourth-order valence-corrected chi connectivity index (χ4v) is 1.52. The van der Waals surface area contributed by atoms with Gasteiger partial charge in [0.15, 0.2) is 5.82 Å². The molecule has 3 heteroatoms. The maximum absolute atomic E-state index is 4.26. The lowest BCUT2D eigenvalue weighted by Gasteiger charge is -2.04. The van der Waals surface area contributed by atoms with Gasteiger partial charge in [0.1, 0.15) is 0 Å². The highest BCUT2D eigenvalue weighted by Crippen LogP contribution is 2.17. The van der Waals surface area contributed by atoms with Crippen molar-refractivity contribution in [2.45, 2.75) is 12.8 Å². The molecule has 0 atom stereocenters. The molecule has 1 aromatic heterocycles. The molecule has 1 aromatic rings. The Kier molecular flexibility index (Phi) is 2.73. The average Bonchev–Trinajstić information content (AvgIpc) is 2.20. The first-order chi connectivity index (χ1) is 6.36. The monoisotopic (exact) mass is 284 g/mol. The van der Waals surface area contributed by atoms with Crippen molar-refractivity contribution in [2.24, 2.45) is 0 Å². The molecular formula is C10H9IN2. The summed E-state index contributed by atoms with van der Waals surface area (Å²) in [6.45, 7) is 0. The largest absolute Gasteiger partial charge is 0.235 e. The second kappa shape index (κ2) is 4.00. The third-order valence-electron chi connectivity index (χ3n) is 1.87. The average molecular weight is 284 g/mol. The van der Waals surface area contributed by atoms with E-state index in [1.807, 2.05) is 12.4 Å². The third kappa shape index (κ3) is 2.15. The molecule has 66 valence electrons. The van der Waals surface area contributed by atoms with Gasteiger partial charge < -0.3 is 0 Å². The van der Waals surface area contributed by atoms with Gasteiger partial charge in [-0.3, -0.25) is 0 Å².